The molecule has 0 bridgehead atoms. The van der Waals surface area contributed by atoms with Gasteiger partial charge in [-0.1, -0.05) is 0 Å². The summed E-state index contributed by atoms with van der Waals surface area (Å²) in [6.07, 6.45) is 0. The van der Waals surface area contributed by atoms with Crippen LogP contribution in [0.3, 0.4) is 0 Å². The first-order chi connectivity index (χ1) is 5.16. The summed E-state index contributed by atoms with van der Waals surface area (Å²) in [5, 5.41) is 17.3. The minimum absolute atomic E-state index is 0.0451. The summed E-state index contributed by atoms with van der Waals surface area (Å²) in [6, 6.07) is 0. The molecule has 0 fully saturated rings. The fourth-order valence-electron chi connectivity index (χ4n) is 0.554. The van der Waals surface area contributed by atoms with E-state index in [9.17, 15) is 10.1 Å². The van der Waals surface area contributed by atoms with E-state index in [-0.39, 0.29) is 13.2 Å². The van der Waals surface area contributed by atoms with E-state index < -0.39 is 5.09 Å². The molecule has 0 aliphatic carbocycles. The van der Waals surface area contributed by atoms with Crippen molar-refractivity contribution in [2.75, 3.05) is 33.4 Å². The number of hydrogen-bond donors (Lipinski definition) is 1. The quantitative estimate of drug-likeness (QED) is 0.407. The lowest BCUT2D eigenvalue weighted by atomic mass is 10.5. The van der Waals surface area contributed by atoms with Gasteiger partial charge in [0.1, 0.15) is 6.61 Å². The molecule has 11 heavy (non-hydrogen) atoms. The van der Waals surface area contributed by atoms with Crippen molar-refractivity contribution >= 4 is 0 Å². The normalized spacial score (nSPS) is 10.1. The molecule has 6 heteroatoms. The van der Waals surface area contributed by atoms with E-state index in [1.165, 1.54) is 0 Å². The fourth-order valence-corrected chi connectivity index (χ4v) is 0.554. The molecule has 0 saturated carbocycles. The van der Waals surface area contributed by atoms with Crippen LogP contribution in [0.4, 0.5) is 0 Å². The average Bonchev–Trinajstić information content (AvgIpc) is 1.87. The third-order valence-electron chi connectivity index (χ3n) is 1.15. The fraction of sp³-hybridized carbons (Fsp3) is 1.00. The molecule has 1 N–H and O–H groups in total. The molecule has 0 aliphatic rings. The monoisotopic (exact) mass is 164 g/mol. The lowest BCUT2D eigenvalue weighted by Gasteiger charge is -2.12. The second-order valence-electron chi connectivity index (χ2n) is 2.08. The van der Waals surface area contributed by atoms with Crippen molar-refractivity contribution in [2.24, 2.45) is 0 Å². The van der Waals surface area contributed by atoms with Gasteiger partial charge in [-0.25, -0.2) is 0 Å². The first kappa shape index (κ1) is 10.1. The zero-order valence-electron chi connectivity index (χ0n) is 6.39. The van der Waals surface area contributed by atoms with Crippen molar-refractivity contribution in [1.82, 2.24) is 4.90 Å². The molecule has 0 rings (SSSR count). The summed E-state index contributed by atoms with van der Waals surface area (Å²) < 4.78 is 0. The average molecular weight is 164 g/mol. The maximum Gasteiger partial charge on any atom is 0.294 e. The maximum absolute atomic E-state index is 9.65. The highest BCUT2D eigenvalue weighted by molar-refractivity contribution is 4.46. The molecule has 0 atom stereocenters. The largest absolute Gasteiger partial charge is 0.395 e. The molecule has 6 nitrogen and oxygen atoms in total. The number of rotatable bonds is 6. The second-order valence-corrected chi connectivity index (χ2v) is 2.08. The van der Waals surface area contributed by atoms with Crippen LogP contribution in [0.15, 0.2) is 0 Å². The Morgan fingerprint density at radius 1 is 1.64 bits per heavy atom. The van der Waals surface area contributed by atoms with Crippen molar-refractivity contribution in [3.63, 3.8) is 0 Å². The summed E-state index contributed by atoms with van der Waals surface area (Å²) in [6.45, 7) is 1.04. The minimum Gasteiger partial charge on any atom is -0.395 e. The lowest BCUT2D eigenvalue weighted by molar-refractivity contribution is -0.757. The van der Waals surface area contributed by atoms with E-state index in [1.54, 1.807) is 11.9 Å². The molecule has 0 amide bonds. The molecule has 0 aromatic heterocycles. The predicted molar refractivity (Wildman–Crippen MR) is 37.5 cm³/mol. The Labute approximate surface area is 64.5 Å². The SMILES string of the molecule is CN(CCO)CCO[N+](=O)[O-]. The van der Waals surface area contributed by atoms with Gasteiger partial charge in [0, 0.05) is 13.1 Å². The highest BCUT2D eigenvalue weighted by Gasteiger charge is 1.98. The number of nitrogens with zero attached hydrogens (tertiary/aromatic N) is 2. The zero-order valence-corrected chi connectivity index (χ0v) is 6.39. The van der Waals surface area contributed by atoms with Crippen LogP contribution < -0.4 is 0 Å². The highest BCUT2D eigenvalue weighted by atomic mass is 16.9. The summed E-state index contributed by atoms with van der Waals surface area (Å²) in [5.74, 6) is 0. The molecule has 0 radical (unpaired) electrons. The molecular weight excluding hydrogens is 152 g/mol. The first-order valence-electron chi connectivity index (χ1n) is 3.23. The van der Waals surface area contributed by atoms with Gasteiger partial charge >= 0.3 is 0 Å². The van der Waals surface area contributed by atoms with Crippen LogP contribution in [0, 0.1) is 10.1 Å². The Balaban J connectivity index is 3.16. The summed E-state index contributed by atoms with van der Waals surface area (Å²) in [5.41, 5.74) is 0. The van der Waals surface area contributed by atoms with Gasteiger partial charge in [0.05, 0.1) is 6.61 Å². The molecule has 0 aliphatic heterocycles. The van der Waals surface area contributed by atoms with Crippen LogP contribution >= 0.6 is 0 Å². The van der Waals surface area contributed by atoms with Gasteiger partial charge in [0.15, 0.2) is 0 Å². The molecule has 0 aromatic rings. The molecule has 66 valence electrons. The van der Waals surface area contributed by atoms with E-state index in [4.69, 9.17) is 5.11 Å². The standard InChI is InChI=1S/C5H12N2O4/c1-6(2-4-8)3-5-11-7(9)10/h8H,2-5H2,1H3. The van der Waals surface area contributed by atoms with E-state index in [0.29, 0.717) is 13.1 Å². The predicted octanol–water partition coefficient (Wildman–Crippen LogP) is -0.881. The topological polar surface area (TPSA) is 75.8 Å². The molecule has 0 spiro atoms. The van der Waals surface area contributed by atoms with Crippen LogP contribution in [-0.4, -0.2) is 48.4 Å². The molecule has 0 unspecified atom stereocenters. The first-order valence-corrected chi connectivity index (χ1v) is 3.23. The maximum atomic E-state index is 9.65. The van der Waals surface area contributed by atoms with Crippen LogP contribution in [0.25, 0.3) is 0 Å². The van der Waals surface area contributed by atoms with Crippen molar-refractivity contribution in [1.29, 1.82) is 0 Å². The third-order valence-corrected chi connectivity index (χ3v) is 1.15. The van der Waals surface area contributed by atoms with Gasteiger partial charge in [-0.15, -0.1) is 10.1 Å². The molecule has 0 saturated heterocycles. The Morgan fingerprint density at radius 3 is 2.73 bits per heavy atom. The van der Waals surface area contributed by atoms with Crippen LogP contribution in [-0.2, 0) is 4.84 Å². The number of aliphatic hydroxyl groups excluding tert-OH is 1. The number of aliphatic hydroxyl groups is 1. The highest BCUT2D eigenvalue weighted by Crippen LogP contribution is 1.82. The zero-order chi connectivity index (χ0) is 8.69. The smallest absolute Gasteiger partial charge is 0.294 e. The van der Waals surface area contributed by atoms with Gasteiger partial charge in [0.25, 0.3) is 5.09 Å². The van der Waals surface area contributed by atoms with E-state index in [1.807, 2.05) is 0 Å². The van der Waals surface area contributed by atoms with Gasteiger partial charge < -0.3 is 14.8 Å². The molecule has 0 aromatic carbocycles. The van der Waals surface area contributed by atoms with Crippen molar-refractivity contribution in [3.05, 3.63) is 10.1 Å². The van der Waals surface area contributed by atoms with E-state index in [0.717, 1.165) is 0 Å². The Morgan fingerprint density at radius 2 is 2.27 bits per heavy atom. The van der Waals surface area contributed by atoms with Crippen molar-refractivity contribution in [3.8, 4) is 0 Å². The van der Waals surface area contributed by atoms with Crippen LogP contribution in [0.5, 0.6) is 0 Å². The van der Waals surface area contributed by atoms with Crippen molar-refractivity contribution in [2.45, 2.75) is 0 Å². The Bertz CT molecular complexity index is 119. The summed E-state index contributed by atoms with van der Waals surface area (Å²) >= 11 is 0. The molecule has 0 heterocycles. The summed E-state index contributed by atoms with van der Waals surface area (Å²) in [4.78, 5) is 15.5. The number of likely N-dealkylation sites (N-methyl/N-ethyl adjacent to an activating group) is 1. The van der Waals surface area contributed by atoms with Crippen molar-refractivity contribution < 1.29 is 15.0 Å². The Hall–Kier alpha value is -0.880. The number of hydrogen-bond acceptors (Lipinski definition) is 5. The van der Waals surface area contributed by atoms with Gasteiger partial charge in [-0.3, -0.25) is 0 Å². The van der Waals surface area contributed by atoms with Gasteiger partial charge in [0.2, 0.25) is 0 Å². The second kappa shape index (κ2) is 5.87. The minimum atomic E-state index is -0.827. The molecular formula is C5H12N2O4. The van der Waals surface area contributed by atoms with Gasteiger partial charge in [-0.05, 0) is 7.05 Å². The van der Waals surface area contributed by atoms with Gasteiger partial charge in [-0.2, -0.15) is 0 Å². The Kier molecular flexibility index (Phi) is 5.40. The summed E-state index contributed by atoms with van der Waals surface area (Å²) in [7, 11) is 1.75. The van der Waals surface area contributed by atoms with Crippen LogP contribution in [0.2, 0.25) is 0 Å². The van der Waals surface area contributed by atoms with Crippen LogP contribution in [0.1, 0.15) is 0 Å². The van der Waals surface area contributed by atoms with E-state index >= 15 is 0 Å². The lowest BCUT2D eigenvalue weighted by Crippen LogP contribution is -2.26. The third kappa shape index (κ3) is 7.01. The van der Waals surface area contributed by atoms with E-state index in [2.05, 4.69) is 4.84 Å².